The number of allylic oxidation sites excluding steroid dienone is 1. The average Bonchev–Trinajstić information content (AvgIpc) is 2.59. The molecule has 0 aromatic carbocycles. The first-order valence-corrected chi connectivity index (χ1v) is 12.8. The summed E-state index contributed by atoms with van der Waals surface area (Å²) in [4.78, 5) is 0. The van der Waals surface area contributed by atoms with Crippen molar-refractivity contribution in [1.29, 1.82) is 0 Å². The van der Waals surface area contributed by atoms with Crippen LogP contribution in [0, 0.1) is 0 Å². The molecule has 158 valence electrons. The van der Waals surface area contributed by atoms with Gasteiger partial charge in [-0.2, -0.15) is 8.42 Å². The SMILES string of the molecule is CCCCCCCCCCCCCCCCCCCC=CCS(=O)(=O)O.[NaH]. The van der Waals surface area contributed by atoms with Gasteiger partial charge in [0.1, 0.15) is 0 Å². The van der Waals surface area contributed by atoms with Gasteiger partial charge < -0.3 is 0 Å². The molecule has 0 radical (unpaired) electrons. The van der Waals surface area contributed by atoms with Gasteiger partial charge in [-0.3, -0.25) is 4.55 Å². The van der Waals surface area contributed by atoms with Crippen molar-refractivity contribution in [3.63, 3.8) is 0 Å². The summed E-state index contributed by atoms with van der Waals surface area (Å²) in [5.74, 6) is -0.258. The van der Waals surface area contributed by atoms with Gasteiger partial charge in [0.2, 0.25) is 0 Å². The average molecular weight is 413 g/mol. The van der Waals surface area contributed by atoms with Gasteiger partial charge in [0, 0.05) is 0 Å². The van der Waals surface area contributed by atoms with E-state index in [1.807, 2.05) is 6.08 Å². The summed E-state index contributed by atoms with van der Waals surface area (Å²) < 4.78 is 29.6. The Kier molecular flexibility index (Phi) is 25.4. The number of unbranched alkanes of at least 4 members (excludes halogenated alkanes) is 17. The van der Waals surface area contributed by atoms with Crippen molar-refractivity contribution in [1.82, 2.24) is 0 Å². The van der Waals surface area contributed by atoms with Crippen molar-refractivity contribution in [3.8, 4) is 0 Å². The predicted octanol–water partition coefficient (Wildman–Crippen LogP) is 6.82. The molecule has 0 saturated heterocycles. The maximum absolute atomic E-state index is 10.5. The van der Waals surface area contributed by atoms with E-state index >= 15 is 0 Å². The molecule has 0 aromatic heterocycles. The van der Waals surface area contributed by atoms with Gasteiger partial charge in [-0.05, 0) is 12.8 Å². The molecular weight excluding hydrogens is 367 g/mol. The molecule has 0 fully saturated rings. The Morgan fingerprint density at radius 1 is 0.593 bits per heavy atom. The van der Waals surface area contributed by atoms with Gasteiger partial charge in [0.25, 0.3) is 10.1 Å². The molecule has 0 aliphatic heterocycles. The van der Waals surface area contributed by atoms with Crippen LogP contribution in [0.3, 0.4) is 0 Å². The molecular formula is C22H45NaO3S. The second-order valence-electron chi connectivity index (χ2n) is 7.67. The van der Waals surface area contributed by atoms with E-state index in [1.54, 1.807) is 6.08 Å². The van der Waals surface area contributed by atoms with Crippen molar-refractivity contribution in [3.05, 3.63) is 12.2 Å². The minimum absolute atomic E-state index is 0. The molecule has 0 aromatic rings. The van der Waals surface area contributed by atoms with Gasteiger partial charge in [0.15, 0.2) is 0 Å². The molecule has 0 spiro atoms. The summed E-state index contributed by atoms with van der Waals surface area (Å²) in [6.07, 6.45) is 27.6. The molecule has 1 N–H and O–H groups in total. The third kappa shape index (κ3) is 29.0. The van der Waals surface area contributed by atoms with Crippen LogP contribution in [0.1, 0.15) is 122 Å². The first-order chi connectivity index (χ1) is 12.6. The Morgan fingerprint density at radius 2 is 0.926 bits per heavy atom. The molecule has 0 bridgehead atoms. The van der Waals surface area contributed by atoms with Crippen molar-refractivity contribution >= 4 is 39.7 Å². The fourth-order valence-electron chi connectivity index (χ4n) is 3.29. The first-order valence-electron chi connectivity index (χ1n) is 11.2. The van der Waals surface area contributed by atoms with E-state index < -0.39 is 10.1 Å². The van der Waals surface area contributed by atoms with Gasteiger partial charge in [-0.25, -0.2) is 0 Å². The molecule has 0 saturated carbocycles. The zero-order chi connectivity index (χ0) is 19.3. The Labute approximate surface area is 192 Å². The van der Waals surface area contributed by atoms with E-state index in [-0.39, 0.29) is 35.3 Å². The fourth-order valence-corrected chi connectivity index (χ4v) is 3.67. The van der Waals surface area contributed by atoms with Gasteiger partial charge in [-0.1, -0.05) is 122 Å². The minimum atomic E-state index is -3.83. The first kappa shape index (κ1) is 29.8. The fraction of sp³-hybridized carbons (Fsp3) is 0.909. The zero-order valence-corrected chi connectivity index (χ0v) is 18.1. The second-order valence-corrected chi connectivity index (χ2v) is 9.16. The number of rotatable bonds is 20. The van der Waals surface area contributed by atoms with Gasteiger partial charge in [-0.15, -0.1) is 0 Å². The quantitative estimate of drug-likeness (QED) is 0.103. The van der Waals surface area contributed by atoms with E-state index in [9.17, 15) is 8.42 Å². The van der Waals surface area contributed by atoms with Gasteiger partial charge in [0.05, 0.1) is 5.75 Å². The molecule has 0 heterocycles. The summed E-state index contributed by atoms with van der Waals surface area (Å²) in [5.41, 5.74) is 0. The monoisotopic (exact) mass is 412 g/mol. The molecule has 0 atom stereocenters. The third-order valence-electron chi connectivity index (χ3n) is 4.95. The zero-order valence-electron chi connectivity index (χ0n) is 17.3. The van der Waals surface area contributed by atoms with Crippen LogP contribution in [0.5, 0.6) is 0 Å². The van der Waals surface area contributed by atoms with Crippen LogP contribution in [0.25, 0.3) is 0 Å². The maximum atomic E-state index is 10.5. The molecule has 0 unspecified atom stereocenters. The van der Waals surface area contributed by atoms with E-state index in [2.05, 4.69) is 6.92 Å². The van der Waals surface area contributed by atoms with E-state index in [0.29, 0.717) is 0 Å². The topological polar surface area (TPSA) is 54.4 Å². The van der Waals surface area contributed by atoms with Crippen molar-refractivity contribution in [2.24, 2.45) is 0 Å². The Hall–Kier alpha value is 0.650. The van der Waals surface area contributed by atoms with Crippen molar-refractivity contribution < 1.29 is 13.0 Å². The Bertz CT molecular complexity index is 408. The molecule has 0 amide bonds. The van der Waals surface area contributed by atoms with Crippen molar-refractivity contribution in [2.75, 3.05) is 5.75 Å². The molecule has 0 aliphatic rings. The van der Waals surface area contributed by atoms with Crippen LogP contribution in [0.15, 0.2) is 12.2 Å². The summed E-state index contributed by atoms with van der Waals surface area (Å²) in [7, 11) is -3.83. The van der Waals surface area contributed by atoms with E-state index in [1.165, 1.54) is 103 Å². The second kappa shape index (κ2) is 22.9. The standard InChI is InChI=1S/C22H44O3S.Na.H/c1-2-3-4-5-6-7-8-9-10-11-12-13-14-15-16-17-18-19-20-21-22-26(23,24)25;;/h20-21H,2-19,22H2,1H3,(H,23,24,25);;. The van der Waals surface area contributed by atoms with E-state index in [0.717, 1.165) is 12.8 Å². The van der Waals surface area contributed by atoms with Crippen LogP contribution in [-0.4, -0.2) is 48.3 Å². The van der Waals surface area contributed by atoms with Crippen LogP contribution < -0.4 is 0 Å². The third-order valence-corrected chi connectivity index (χ3v) is 5.56. The number of hydrogen-bond acceptors (Lipinski definition) is 2. The normalized spacial score (nSPS) is 11.8. The molecule has 5 heteroatoms. The molecule has 27 heavy (non-hydrogen) atoms. The molecule has 3 nitrogen and oxygen atoms in total. The van der Waals surface area contributed by atoms with Crippen LogP contribution in [0.4, 0.5) is 0 Å². The predicted molar refractivity (Wildman–Crippen MR) is 121 cm³/mol. The Morgan fingerprint density at radius 3 is 1.26 bits per heavy atom. The van der Waals surface area contributed by atoms with Crippen LogP contribution in [0.2, 0.25) is 0 Å². The van der Waals surface area contributed by atoms with Crippen molar-refractivity contribution in [2.45, 2.75) is 122 Å². The molecule has 0 aliphatic carbocycles. The molecule has 0 rings (SSSR count). The van der Waals surface area contributed by atoms with Gasteiger partial charge >= 0.3 is 29.6 Å². The summed E-state index contributed by atoms with van der Waals surface area (Å²) in [5, 5.41) is 0. The summed E-state index contributed by atoms with van der Waals surface area (Å²) >= 11 is 0. The van der Waals surface area contributed by atoms with E-state index in [4.69, 9.17) is 4.55 Å². The summed E-state index contributed by atoms with van der Waals surface area (Å²) in [6.45, 7) is 2.28. The van der Waals surface area contributed by atoms with Crippen LogP contribution >= 0.6 is 0 Å². The Balaban J connectivity index is 0. The summed E-state index contributed by atoms with van der Waals surface area (Å²) in [6, 6.07) is 0. The number of hydrogen-bond donors (Lipinski definition) is 1. The van der Waals surface area contributed by atoms with Crippen LogP contribution in [-0.2, 0) is 10.1 Å².